The molecule has 5 aromatic rings. The number of para-hydroxylation sites is 2. The molecule has 0 bridgehead atoms. The zero-order chi connectivity index (χ0) is 24.1. The Hall–Kier alpha value is -4.48. The van der Waals surface area contributed by atoms with Crippen LogP contribution in [-0.2, 0) is 17.6 Å². The number of carboxylic acid groups (broad SMARTS) is 1. The number of nitrogens with zero attached hydrogens (tertiary/aromatic N) is 5. The zero-order valence-electron chi connectivity index (χ0n) is 17.4. The standard InChI is InChI=1S/C20H16N6O.C2HF3O2/c1-2-4-17-16(3-1)23-13-26(17)15-7-5-14(6-8-15)20-24-19(27-25-20)10-9-18-21-11-12-22-18;3-2(4,5)1(6)7/h1-8,11-13H,9-10H2,(H,21,22);(H,6,7). The highest BCUT2D eigenvalue weighted by Crippen LogP contribution is 2.22. The molecular weight excluding hydrogens is 453 g/mol. The smallest absolute Gasteiger partial charge is 0.475 e. The molecule has 3 aromatic heterocycles. The van der Waals surface area contributed by atoms with Crippen LogP contribution in [0.5, 0.6) is 0 Å². The highest BCUT2D eigenvalue weighted by atomic mass is 19.4. The van der Waals surface area contributed by atoms with E-state index < -0.39 is 12.1 Å². The number of alkyl halides is 3. The first kappa shape index (κ1) is 22.7. The normalized spacial score (nSPS) is 11.3. The molecule has 12 heteroatoms. The number of aliphatic carboxylic acids is 1. The number of rotatable bonds is 5. The van der Waals surface area contributed by atoms with Gasteiger partial charge in [-0.25, -0.2) is 14.8 Å². The average Bonchev–Trinajstić information content (AvgIpc) is 3.58. The van der Waals surface area contributed by atoms with Gasteiger partial charge in [0.15, 0.2) is 0 Å². The van der Waals surface area contributed by atoms with Gasteiger partial charge in [-0.05, 0) is 36.4 Å². The molecule has 0 saturated heterocycles. The molecule has 0 amide bonds. The molecule has 0 aliphatic carbocycles. The first-order valence-corrected chi connectivity index (χ1v) is 9.95. The van der Waals surface area contributed by atoms with Crippen LogP contribution < -0.4 is 0 Å². The summed E-state index contributed by atoms with van der Waals surface area (Å²) in [5.74, 6) is -0.656. The summed E-state index contributed by atoms with van der Waals surface area (Å²) in [6.45, 7) is 0. The zero-order valence-corrected chi connectivity index (χ0v) is 17.4. The van der Waals surface area contributed by atoms with Crippen molar-refractivity contribution in [3.05, 3.63) is 79.0 Å². The topological polar surface area (TPSA) is 123 Å². The van der Waals surface area contributed by atoms with Gasteiger partial charge >= 0.3 is 12.1 Å². The van der Waals surface area contributed by atoms with Gasteiger partial charge in [-0.1, -0.05) is 17.3 Å². The number of carboxylic acids is 1. The Morgan fingerprint density at radius 2 is 1.79 bits per heavy atom. The van der Waals surface area contributed by atoms with Crippen LogP contribution in [0.1, 0.15) is 11.7 Å². The van der Waals surface area contributed by atoms with E-state index in [9.17, 15) is 13.2 Å². The SMILES string of the molecule is O=C(O)C(F)(F)F.c1ccc2c(c1)ncn2-c1ccc(-c2noc(CCc3ncc[nH]3)n2)cc1. The largest absolute Gasteiger partial charge is 0.490 e. The second-order valence-electron chi connectivity index (χ2n) is 7.00. The lowest BCUT2D eigenvalue weighted by molar-refractivity contribution is -0.192. The Morgan fingerprint density at radius 3 is 2.47 bits per heavy atom. The molecule has 0 aliphatic rings. The van der Waals surface area contributed by atoms with Crippen molar-refractivity contribution in [3.63, 3.8) is 0 Å². The Bertz CT molecular complexity index is 1380. The van der Waals surface area contributed by atoms with E-state index in [0.29, 0.717) is 18.1 Å². The van der Waals surface area contributed by atoms with E-state index in [2.05, 4.69) is 35.7 Å². The first-order valence-electron chi connectivity index (χ1n) is 9.95. The van der Waals surface area contributed by atoms with Crippen LogP contribution >= 0.6 is 0 Å². The molecule has 2 N–H and O–H groups in total. The minimum Gasteiger partial charge on any atom is -0.475 e. The highest BCUT2D eigenvalue weighted by molar-refractivity contribution is 5.77. The molecule has 0 saturated carbocycles. The van der Waals surface area contributed by atoms with E-state index in [-0.39, 0.29) is 0 Å². The number of hydrogen-bond acceptors (Lipinski definition) is 6. The van der Waals surface area contributed by atoms with E-state index in [1.165, 1.54) is 0 Å². The number of aromatic nitrogens is 6. The average molecular weight is 470 g/mol. The van der Waals surface area contributed by atoms with Gasteiger partial charge in [0.05, 0.1) is 11.0 Å². The Labute approximate surface area is 189 Å². The highest BCUT2D eigenvalue weighted by Gasteiger charge is 2.38. The van der Waals surface area contributed by atoms with Crippen LogP contribution in [-0.4, -0.2) is 46.9 Å². The van der Waals surface area contributed by atoms with E-state index in [1.54, 1.807) is 12.4 Å². The molecule has 0 aliphatic heterocycles. The van der Waals surface area contributed by atoms with Gasteiger partial charge in [0.25, 0.3) is 0 Å². The maximum Gasteiger partial charge on any atom is 0.490 e. The van der Waals surface area contributed by atoms with E-state index >= 15 is 0 Å². The Balaban J connectivity index is 0.000000344. The number of nitrogens with one attached hydrogen (secondary N) is 1. The molecule has 0 unspecified atom stereocenters. The van der Waals surface area contributed by atoms with Crippen molar-refractivity contribution in [2.24, 2.45) is 0 Å². The fourth-order valence-corrected chi connectivity index (χ4v) is 3.07. The van der Waals surface area contributed by atoms with Crippen molar-refractivity contribution in [1.82, 2.24) is 29.7 Å². The second-order valence-corrected chi connectivity index (χ2v) is 7.00. The maximum absolute atomic E-state index is 10.6. The predicted octanol–water partition coefficient (Wildman–Crippen LogP) is 4.22. The number of aromatic amines is 1. The third-order valence-corrected chi connectivity index (χ3v) is 4.70. The summed E-state index contributed by atoms with van der Waals surface area (Å²) in [6.07, 6.45) is 1.68. The van der Waals surface area contributed by atoms with Crippen LogP contribution in [0.4, 0.5) is 13.2 Å². The summed E-state index contributed by atoms with van der Waals surface area (Å²) in [5.41, 5.74) is 4.00. The Morgan fingerprint density at radius 1 is 1.06 bits per heavy atom. The van der Waals surface area contributed by atoms with E-state index in [1.807, 2.05) is 48.8 Å². The molecule has 9 nitrogen and oxygen atoms in total. The summed E-state index contributed by atoms with van der Waals surface area (Å²) >= 11 is 0. The van der Waals surface area contributed by atoms with Crippen LogP contribution in [0.2, 0.25) is 0 Å². The van der Waals surface area contributed by atoms with Crippen molar-refractivity contribution < 1.29 is 27.6 Å². The lowest BCUT2D eigenvalue weighted by Gasteiger charge is -2.04. The minimum absolute atomic E-state index is 0.589. The van der Waals surface area contributed by atoms with Gasteiger partial charge in [-0.15, -0.1) is 0 Å². The van der Waals surface area contributed by atoms with Gasteiger partial charge in [0, 0.05) is 36.5 Å². The fraction of sp³-hybridized carbons (Fsp3) is 0.136. The third kappa shape index (κ3) is 5.28. The van der Waals surface area contributed by atoms with Crippen molar-refractivity contribution in [3.8, 4) is 17.1 Å². The molecule has 0 radical (unpaired) electrons. The number of hydrogen-bond donors (Lipinski definition) is 2. The van der Waals surface area contributed by atoms with Gasteiger partial charge in [0.1, 0.15) is 12.2 Å². The minimum atomic E-state index is -5.08. The summed E-state index contributed by atoms with van der Waals surface area (Å²) in [5, 5.41) is 11.2. The summed E-state index contributed by atoms with van der Waals surface area (Å²) < 4.78 is 39.2. The number of fused-ring (bicyclic) bond motifs is 1. The number of carbonyl (C=O) groups is 1. The number of benzene rings is 2. The molecule has 5 rings (SSSR count). The maximum atomic E-state index is 10.6. The number of H-pyrrole nitrogens is 1. The second kappa shape index (κ2) is 9.57. The summed E-state index contributed by atoms with van der Waals surface area (Å²) in [4.78, 5) is 25.1. The van der Waals surface area contributed by atoms with Crippen LogP contribution in [0.25, 0.3) is 28.1 Å². The van der Waals surface area contributed by atoms with Crippen molar-refractivity contribution in [2.75, 3.05) is 0 Å². The first-order chi connectivity index (χ1) is 16.3. The quantitative estimate of drug-likeness (QED) is 0.394. The van der Waals surface area contributed by atoms with Gasteiger partial charge in [-0.2, -0.15) is 18.2 Å². The van der Waals surface area contributed by atoms with Crippen LogP contribution in [0, 0.1) is 0 Å². The van der Waals surface area contributed by atoms with Crippen molar-refractivity contribution in [1.29, 1.82) is 0 Å². The molecule has 0 atom stereocenters. The third-order valence-electron chi connectivity index (χ3n) is 4.70. The van der Waals surface area contributed by atoms with Crippen LogP contribution in [0.3, 0.4) is 0 Å². The molecule has 34 heavy (non-hydrogen) atoms. The molecular formula is C22H17F3N6O3. The molecule has 174 valence electrons. The van der Waals surface area contributed by atoms with Crippen LogP contribution in [0.15, 0.2) is 71.8 Å². The lowest BCUT2D eigenvalue weighted by Crippen LogP contribution is -2.21. The van der Waals surface area contributed by atoms with Gasteiger partial charge in [-0.3, -0.25) is 4.57 Å². The summed E-state index contributed by atoms with van der Waals surface area (Å²) in [7, 11) is 0. The molecule has 3 heterocycles. The van der Waals surface area contributed by atoms with Crippen molar-refractivity contribution in [2.45, 2.75) is 19.0 Å². The van der Waals surface area contributed by atoms with Gasteiger partial charge in [0.2, 0.25) is 11.7 Å². The Kier molecular flexibility index (Phi) is 6.39. The number of aryl methyl sites for hydroxylation is 2. The summed E-state index contributed by atoms with van der Waals surface area (Å²) in [6, 6.07) is 16.1. The molecule has 0 spiro atoms. The molecule has 2 aromatic carbocycles. The van der Waals surface area contributed by atoms with E-state index in [4.69, 9.17) is 14.4 Å². The fourth-order valence-electron chi connectivity index (χ4n) is 3.07. The number of halogens is 3. The monoisotopic (exact) mass is 470 g/mol. The number of imidazole rings is 2. The van der Waals surface area contributed by atoms with E-state index in [0.717, 1.165) is 34.5 Å². The van der Waals surface area contributed by atoms with Gasteiger partial charge < -0.3 is 14.6 Å². The lowest BCUT2D eigenvalue weighted by atomic mass is 10.2. The predicted molar refractivity (Wildman–Crippen MR) is 114 cm³/mol. The van der Waals surface area contributed by atoms with Crippen molar-refractivity contribution >= 4 is 17.0 Å². The molecule has 0 fully saturated rings.